The van der Waals surface area contributed by atoms with Gasteiger partial charge in [0.25, 0.3) is 5.91 Å². The first-order valence-corrected chi connectivity index (χ1v) is 8.77. The lowest BCUT2D eigenvalue weighted by Crippen LogP contribution is -2.42. The Labute approximate surface area is 133 Å². The molecule has 1 unspecified atom stereocenters. The molecule has 3 heterocycles. The molecule has 3 rings (SSSR count). The molecule has 4 nitrogen and oxygen atoms in total. The molecule has 2 aliphatic rings. The number of carbonyl (C=O) groups is 1. The number of piperidine rings is 1. The Hall–Kier alpha value is -1.58. The molecule has 0 spiro atoms. The Bertz CT molecular complexity index is 509. The van der Waals surface area contributed by atoms with Crippen molar-refractivity contribution in [1.29, 1.82) is 0 Å². The number of anilines is 1. The Kier molecular flexibility index (Phi) is 4.96. The molecule has 0 saturated carbocycles. The molecule has 0 radical (unpaired) electrons. The first-order chi connectivity index (χ1) is 10.8. The zero-order valence-corrected chi connectivity index (χ0v) is 13.6. The van der Waals surface area contributed by atoms with E-state index in [4.69, 9.17) is 0 Å². The van der Waals surface area contributed by atoms with Gasteiger partial charge in [0.15, 0.2) is 0 Å². The minimum atomic E-state index is 0.172. The number of amides is 1. The molecule has 0 N–H and O–H groups in total. The average molecular weight is 301 g/mol. The smallest absolute Gasteiger partial charge is 0.254 e. The SMILES string of the molecule is CC1CCCCN1C(=O)c1ccnc(N2CCCCCC2)c1. The highest BCUT2D eigenvalue weighted by Gasteiger charge is 2.24. The summed E-state index contributed by atoms with van der Waals surface area (Å²) in [5, 5.41) is 0. The summed E-state index contributed by atoms with van der Waals surface area (Å²) in [5.41, 5.74) is 0.794. The Morgan fingerprint density at radius 2 is 1.82 bits per heavy atom. The second-order valence-corrected chi connectivity index (χ2v) is 6.65. The molecule has 0 aliphatic carbocycles. The van der Waals surface area contributed by atoms with E-state index in [9.17, 15) is 4.79 Å². The number of carbonyl (C=O) groups excluding carboxylic acids is 1. The molecule has 2 aliphatic heterocycles. The first kappa shape index (κ1) is 15.3. The van der Waals surface area contributed by atoms with Crippen LogP contribution in [-0.4, -0.2) is 41.5 Å². The highest BCUT2D eigenvalue weighted by atomic mass is 16.2. The van der Waals surface area contributed by atoms with Crippen molar-refractivity contribution >= 4 is 11.7 Å². The second-order valence-electron chi connectivity index (χ2n) is 6.65. The lowest BCUT2D eigenvalue weighted by atomic mass is 10.0. The van der Waals surface area contributed by atoms with E-state index in [2.05, 4.69) is 16.8 Å². The van der Waals surface area contributed by atoms with Crippen LogP contribution in [0.5, 0.6) is 0 Å². The van der Waals surface area contributed by atoms with Gasteiger partial charge in [-0.1, -0.05) is 12.8 Å². The van der Waals surface area contributed by atoms with E-state index in [1.54, 1.807) is 6.20 Å². The zero-order valence-electron chi connectivity index (χ0n) is 13.6. The zero-order chi connectivity index (χ0) is 15.4. The molecule has 120 valence electrons. The number of likely N-dealkylation sites (tertiary alicyclic amines) is 1. The third-order valence-corrected chi connectivity index (χ3v) is 4.99. The molecule has 4 heteroatoms. The number of hydrogen-bond acceptors (Lipinski definition) is 3. The predicted octanol–water partition coefficient (Wildman–Crippen LogP) is 3.48. The molecule has 1 amide bonds. The van der Waals surface area contributed by atoms with E-state index in [-0.39, 0.29) is 5.91 Å². The van der Waals surface area contributed by atoms with Crippen LogP contribution in [0.1, 0.15) is 62.2 Å². The highest BCUT2D eigenvalue weighted by molar-refractivity contribution is 5.95. The Morgan fingerprint density at radius 3 is 2.55 bits per heavy atom. The van der Waals surface area contributed by atoms with Crippen LogP contribution in [0, 0.1) is 0 Å². The van der Waals surface area contributed by atoms with E-state index >= 15 is 0 Å². The maximum absolute atomic E-state index is 12.8. The number of rotatable bonds is 2. The van der Waals surface area contributed by atoms with Crippen LogP contribution in [-0.2, 0) is 0 Å². The summed E-state index contributed by atoms with van der Waals surface area (Å²) in [5.74, 6) is 1.14. The Balaban J connectivity index is 1.76. The molecule has 1 atom stereocenters. The molecule has 1 aromatic rings. The van der Waals surface area contributed by atoms with Gasteiger partial charge >= 0.3 is 0 Å². The first-order valence-electron chi connectivity index (χ1n) is 8.77. The summed E-state index contributed by atoms with van der Waals surface area (Å²) >= 11 is 0. The van der Waals surface area contributed by atoms with Crippen molar-refractivity contribution in [3.63, 3.8) is 0 Å². The lowest BCUT2D eigenvalue weighted by Gasteiger charge is -2.33. The summed E-state index contributed by atoms with van der Waals surface area (Å²) in [6, 6.07) is 4.22. The number of aromatic nitrogens is 1. The van der Waals surface area contributed by atoms with Crippen molar-refractivity contribution in [3.05, 3.63) is 23.9 Å². The van der Waals surface area contributed by atoms with Gasteiger partial charge in [-0.2, -0.15) is 0 Å². The predicted molar refractivity (Wildman–Crippen MR) is 89.3 cm³/mol. The fraction of sp³-hybridized carbons (Fsp3) is 0.667. The quantitative estimate of drug-likeness (QED) is 0.839. The topological polar surface area (TPSA) is 36.4 Å². The molecule has 22 heavy (non-hydrogen) atoms. The number of hydrogen-bond donors (Lipinski definition) is 0. The molecule has 1 aromatic heterocycles. The average Bonchev–Trinajstić information content (AvgIpc) is 2.84. The standard InChI is InChI=1S/C18H27N3O/c1-15-8-4-7-13-21(15)18(22)16-9-10-19-17(14-16)20-11-5-2-3-6-12-20/h9-10,14-15H,2-8,11-13H2,1H3. The van der Waals surface area contributed by atoms with Gasteiger partial charge in [0.1, 0.15) is 5.82 Å². The molecular weight excluding hydrogens is 274 g/mol. The van der Waals surface area contributed by atoms with Crippen LogP contribution in [0.25, 0.3) is 0 Å². The van der Waals surface area contributed by atoms with Gasteiger partial charge in [-0.05, 0) is 51.2 Å². The van der Waals surface area contributed by atoms with Crippen molar-refractivity contribution in [3.8, 4) is 0 Å². The summed E-state index contributed by atoms with van der Waals surface area (Å²) in [6.07, 6.45) is 10.3. The van der Waals surface area contributed by atoms with Gasteiger partial charge in [-0.15, -0.1) is 0 Å². The van der Waals surface area contributed by atoms with Gasteiger partial charge in [0.2, 0.25) is 0 Å². The van der Waals surface area contributed by atoms with E-state index < -0.39 is 0 Å². The maximum Gasteiger partial charge on any atom is 0.254 e. The van der Waals surface area contributed by atoms with Crippen LogP contribution in [0.4, 0.5) is 5.82 Å². The molecule has 0 bridgehead atoms. The summed E-state index contributed by atoms with van der Waals surface area (Å²) in [6.45, 7) is 5.17. The van der Waals surface area contributed by atoms with Crippen molar-refractivity contribution in [1.82, 2.24) is 9.88 Å². The van der Waals surface area contributed by atoms with Crippen LogP contribution in [0.2, 0.25) is 0 Å². The minimum Gasteiger partial charge on any atom is -0.357 e. The maximum atomic E-state index is 12.8. The van der Waals surface area contributed by atoms with Gasteiger partial charge < -0.3 is 9.80 Å². The largest absolute Gasteiger partial charge is 0.357 e. The second kappa shape index (κ2) is 7.12. The van der Waals surface area contributed by atoms with Gasteiger partial charge in [-0.25, -0.2) is 4.98 Å². The fourth-order valence-corrected chi connectivity index (χ4v) is 3.59. The lowest BCUT2D eigenvalue weighted by molar-refractivity contribution is 0.0635. The third-order valence-electron chi connectivity index (χ3n) is 4.99. The van der Waals surface area contributed by atoms with Crippen LogP contribution >= 0.6 is 0 Å². The molecule has 2 saturated heterocycles. The van der Waals surface area contributed by atoms with E-state index in [1.165, 1.54) is 32.1 Å². The van der Waals surface area contributed by atoms with E-state index in [0.29, 0.717) is 6.04 Å². The summed E-state index contributed by atoms with van der Waals surface area (Å²) in [7, 11) is 0. The highest BCUT2D eigenvalue weighted by Crippen LogP contribution is 2.22. The van der Waals surface area contributed by atoms with Crippen LogP contribution in [0.15, 0.2) is 18.3 Å². The molecule has 0 aromatic carbocycles. The van der Waals surface area contributed by atoms with Gasteiger partial charge in [0.05, 0.1) is 0 Å². The summed E-state index contributed by atoms with van der Waals surface area (Å²) < 4.78 is 0. The van der Waals surface area contributed by atoms with E-state index in [0.717, 1.165) is 43.9 Å². The van der Waals surface area contributed by atoms with E-state index in [1.807, 2.05) is 17.0 Å². The van der Waals surface area contributed by atoms with Crippen molar-refractivity contribution in [2.45, 2.75) is 57.9 Å². The number of nitrogens with zero attached hydrogens (tertiary/aromatic N) is 3. The number of pyridine rings is 1. The fourth-order valence-electron chi connectivity index (χ4n) is 3.59. The van der Waals surface area contributed by atoms with Crippen molar-refractivity contribution in [2.24, 2.45) is 0 Å². The monoisotopic (exact) mass is 301 g/mol. The third kappa shape index (κ3) is 3.42. The Morgan fingerprint density at radius 1 is 1.09 bits per heavy atom. The minimum absolute atomic E-state index is 0.172. The molecule has 2 fully saturated rings. The van der Waals surface area contributed by atoms with Crippen molar-refractivity contribution in [2.75, 3.05) is 24.5 Å². The summed E-state index contributed by atoms with van der Waals surface area (Å²) in [4.78, 5) is 21.7. The van der Waals surface area contributed by atoms with Crippen molar-refractivity contribution < 1.29 is 4.79 Å². The van der Waals surface area contributed by atoms with Gasteiger partial charge in [-0.3, -0.25) is 4.79 Å². The van der Waals surface area contributed by atoms with Crippen LogP contribution < -0.4 is 4.90 Å². The van der Waals surface area contributed by atoms with Gasteiger partial charge in [0, 0.05) is 37.4 Å². The molecular formula is C18H27N3O. The normalized spacial score (nSPS) is 23.2. The van der Waals surface area contributed by atoms with Crippen LogP contribution in [0.3, 0.4) is 0 Å².